The van der Waals surface area contributed by atoms with Crippen LogP contribution in [0.3, 0.4) is 0 Å². The van der Waals surface area contributed by atoms with E-state index in [0.717, 1.165) is 12.0 Å². The smallest absolute Gasteiger partial charge is 0.333 e. The van der Waals surface area contributed by atoms with Gasteiger partial charge in [0.25, 0.3) is 0 Å². The summed E-state index contributed by atoms with van der Waals surface area (Å²) >= 11 is 0. The van der Waals surface area contributed by atoms with Gasteiger partial charge in [-0.05, 0) is 18.9 Å². The van der Waals surface area contributed by atoms with Gasteiger partial charge in [0.1, 0.15) is 0 Å². The van der Waals surface area contributed by atoms with Crippen LogP contribution in [0.1, 0.15) is 31.4 Å². The third-order valence-electron chi connectivity index (χ3n) is 3.05. The molecule has 0 N–H and O–H groups in total. The molecule has 18 heavy (non-hydrogen) atoms. The predicted molar refractivity (Wildman–Crippen MR) is 66.8 cm³/mol. The van der Waals surface area contributed by atoms with E-state index >= 15 is 0 Å². The molecule has 1 aromatic rings. The highest BCUT2D eigenvalue weighted by molar-refractivity contribution is 5.86. The van der Waals surface area contributed by atoms with Gasteiger partial charge in [-0.2, -0.15) is 0 Å². The number of carbonyl (C=O) groups is 2. The molecule has 1 saturated heterocycles. The molecule has 1 heterocycles. The van der Waals surface area contributed by atoms with Crippen molar-refractivity contribution in [3.05, 3.63) is 35.9 Å². The predicted octanol–water partition coefficient (Wildman–Crippen LogP) is 1.91. The number of rotatable bonds is 4. The van der Waals surface area contributed by atoms with Gasteiger partial charge in [-0.3, -0.25) is 4.79 Å². The van der Waals surface area contributed by atoms with Crippen molar-refractivity contribution < 1.29 is 14.3 Å². The lowest BCUT2D eigenvalue weighted by Gasteiger charge is -2.26. The minimum absolute atomic E-state index is 0.0249. The quantitative estimate of drug-likeness (QED) is 0.764. The van der Waals surface area contributed by atoms with Crippen molar-refractivity contribution in [3.63, 3.8) is 0 Å². The molecule has 1 atom stereocenters. The van der Waals surface area contributed by atoms with Crippen molar-refractivity contribution in [2.24, 2.45) is 0 Å². The number of benzene rings is 1. The third-order valence-corrected chi connectivity index (χ3v) is 3.05. The molecular weight excluding hydrogens is 230 g/mol. The molecule has 0 saturated carbocycles. The lowest BCUT2D eigenvalue weighted by atomic mass is 10.1. The van der Waals surface area contributed by atoms with Gasteiger partial charge >= 0.3 is 5.97 Å². The van der Waals surface area contributed by atoms with Crippen molar-refractivity contribution >= 4 is 11.9 Å². The van der Waals surface area contributed by atoms with Crippen LogP contribution in [0.4, 0.5) is 0 Å². The molecule has 1 aromatic carbocycles. The Labute approximate surface area is 107 Å². The molecule has 1 amide bonds. The highest BCUT2D eigenvalue weighted by Gasteiger charge is 2.34. The van der Waals surface area contributed by atoms with E-state index in [1.807, 2.05) is 30.3 Å². The molecule has 1 fully saturated rings. The Balaban J connectivity index is 2.28. The van der Waals surface area contributed by atoms with Crippen LogP contribution in [0.15, 0.2) is 30.3 Å². The lowest BCUT2D eigenvalue weighted by Crippen LogP contribution is -2.36. The Bertz CT molecular complexity index is 430. The zero-order valence-electron chi connectivity index (χ0n) is 10.5. The molecule has 96 valence electrons. The van der Waals surface area contributed by atoms with E-state index in [0.29, 0.717) is 19.6 Å². The van der Waals surface area contributed by atoms with Gasteiger partial charge in [0.05, 0.1) is 6.61 Å². The van der Waals surface area contributed by atoms with E-state index in [4.69, 9.17) is 4.74 Å². The molecule has 1 aliphatic rings. The third kappa shape index (κ3) is 2.53. The van der Waals surface area contributed by atoms with E-state index in [1.54, 1.807) is 11.8 Å². The molecule has 0 radical (unpaired) electrons. The maximum Gasteiger partial charge on any atom is 0.333 e. The number of carbonyl (C=O) groups excluding carboxylic acids is 2. The summed E-state index contributed by atoms with van der Waals surface area (Å²) in [5.74, 6) is -0.323. The largest absolute Gasteiger partial charge is 0.464 e. The summed E-state index contributed by atoms with van der Waals surface area (Å²) < 4.78 is 5.09. The molecule has 0 bridgehead atoms. The Morgan fingerprint density at radius 2 is 2.11 bits per heavy atom. The number of amides is 1. The summed E-state index contributed by atoms with van der Waals surface area (Å²) in [6.45, 7) is 2.72. The summed E-state index contributed by atoms with van der Waals surface area (Å²) in [5.41, 5.74) is 0.811. The van der Waals surface area contributed by atoms with E-state index in [2.05, 4.69) is 0 Å². The van der Waals surface area contributed by atoms with Crippen LogP contribution >= 0.6 is 0 Å². The number of hydrogen-bond donors (Lipinski definition) is 0. The second kappa shape index (κ2) is 5.67. The Morgan fingerprint density at radius 3 is 2.67 bits per heavy atom. The van der Waals surface area contributed by atoms with Crippen molar-refractivity contribution in [1.29, 1.82) is 0 Å². The summed E-state index contributed by atoms with van der Waals surface area (Å²) in [6.07, 6.45) is 1.32. The molecule has 0 unspecified atom stereocenters. The Morgan fingerprint density at radius 1 is 1.39 bits per heavy atom. The molecular formula is C14H17NO3. The maximum atomic E-state index is 12.1. The summed E-state index contributed by atoms with van der Waals surface area (Å²) in [7, 11) is 0. The first-order valence-electron chi connectivity index (χ1n) is 6.25. The second-order valence-corrected chi connectivity index (χ2v) is 4.26. The normalized spacial score (nSPS) is 16.7. The van der Waals surface area contributed by atoms with Crippen LogP contribution in [-0.4, -0.2) is 29.9 Å². The van der Waals surface area contributed by atoms with Crippen molar-refractivity contribution in [1.82, 2.24) is 4.90 Å². The average molecular weight is 247 g/mol. The summed E-state index contributed by atoms with van der Waals surface area (Å²) in [6, 6.07) is 8.73. The molecule has 1 aliphatic heterocycles. The summed E-state index contributed by atoms with van der Waals surface area (Å²) in [4.78, 5) is 25.5. The molecule has 0 aromatic heterocycles. The minimum atomic E-state index is -0.596. The number of ether oxygens (including phenoxy) is 1. The van der Waals surface area contributed by atoms with Crippen LogP contribution in [0.2, 0.25) is 0 Å². The highest BCUT2D eigenvalue weighted by atomic mass is 16.5. The van der Waals surface area contributed by atoms with Gasteiger partial charge in [0.15, 0.2) is 6.04 Å². The van der Waals surface area contributed by atoms with Crippen molar-refractivity contribution in [2.45, 2.75) is 25.8 Å². The zero-order valence-corrected chi connectivity index (χ0v) is 10.5. The van der Waals surface area contributed by atoms with Crippen LogP contribution < -0.4 is 0 Å². The Hall–Kier alpha value is -1.84. The number of likely N-dealkylation sites (tertiary alicyclic amines) is 1. The first-order chi connectivity index (χ1) is 8.74. The van der Waals surface area contributed by atoms with Gasteiger partial charge < -0.3 is 9.64 Å². The standard InChI is InChI=1S/C14H17NO3/c1-2-18-14(17)13(11-7-4-3-5-8-11)15-10-6-9-12(15)16/h3-5,7-8,13H,2,6,9-10H2,1H3/t13-/m1/s1. The maximum absolute atomic E-state index is 12.1. The average Bonchev–Trinajstić information content (AvgIpc) is 2.78. The first kappa shape index (κ1) is 12.6. The van der Waals surface area contributed by atoms with Gasteiger partial charge in [-0.15, -0.1) is 0 Å². The van der Waals surface area contributed by atoms with Crippen LogP contribution in [0.5, 0.6) is 0 Å². The number of esters is 1. The van der Waals surface area contributed by atoms with E-state index in [-0.39, 0.29) is 11.9 Å². The highest BCUT2D eigenvalue weighted by Crippen LogP contribution is 2.27. The van der Waals surface area contributed by atoms with Crippen LogP contribution in [0, 0.1) is 0 Å². The fourth-order valence-electron chi connectivity index (χ4n) is 2.24. The molecule has 2 rings (SSSR count). The van der Waals surface area contributed by atoms with Gasteiger partial charge in [-0.1, -0.05) is 30.3 Å². The monoisotopic (exact) mass is 247 g/mol. The van der Waals surface area contributed by atoms with Crippen LogP contribution in [-0.2, 0) is 14.3 Å². The fourth-order valence-corrected chi connectivity index (χ4v) is 2.24. The Kier molecular flexibility index (Phi) is 3.97. The first-order valence-corrected chi connectivity index (χ1v) is 6.25. The molecule has 4 nitrogen and oxygen atoms in total. The SMILES string of the molecule is CCOC(=O)[C@@H](c1ccccc1)N1CCCC1=O. The molecule has 4 heteroatoms. The van der Waals surface area contributed by atoms with Crippen molar-refractivity contribution in [3.8, 4) is 0 Å². The van der Waals surface area contributed by atoms with Gasteiger partial charge in [0, 0.05) is 13.0 Å². The molecule has 0 spiro atoms. The van der Waals surface area contributed by atoms with Gasteiger partial charge in [0.2, 0.25) is 5.91 Å². The van der Waals surface area contributed by atoms with E-state index < -0.39 is 6.04 Å². The topological polar surface area (TPSA) is 46.6 Å². The zero-order chi connectivity index (χ0) is 13.0. The van der Waals surface area contributed by atoms with Gasteiger partial charge in [-0.25, -0.2) is 4.79 Å². The van der Waals surface area contributed by atoms with Crippen LogP contribution in [0.25, 0.3) is 0 Å². The minimum Gasteiger partial charge on any atom is -0.464 e. The van der Waals surface area contributed by atoms with Crippen molar-refractivity contribution in [2.75, 3.05) is 13.2 Å². The molecule has 0 aliphatic carbocycles. The van der Waals surface area contributed by atoms with E-state index in [9.17, 15) is 9.59 Å². The fraction of sp³-hybridized carbons (Fsp3) is 0.429. The number of nitrogens with zero attached hydrogens (tertiary/aromatic N) is 1. The van der Waals surface area contributed by atoms with E-state index in [1.165, 1.54) is 0 Å². The lowest BCUT2D eigenvalue weighted by molar-refractivity contribution is -0.153. The second-order valence-electron chi connectivity index (χ2n) is 4.26. The number of hydrogen-bond acceptors (Lipinski definition) is 3. The summed E-state index contributed by atoms with van der Waals surface area (Å²) in [5, 5.41) is 0.